The molecule has 37 heavy (non-hydrogen) atoms. The van der Waals surface area contributed by atoms with Gasteiger partial charge >= 0.3 is 0 Å². The van der Waals surface area contributed by atoms with Crippen LogP contribution in [0, 0.1) is 5.82 Å². The van der Waals surface area contributed by atoms with Crippen molar-refractivity contribution in [2.45, 2.75) is 32.5 Å². The number of carbonyl (C=O) groups is 2. The first-order valence-corrected chi connectivity index (χ1v) is 12.2. The Morgan fingerprint density at radius 2 is 1.81 bits per heavy atom. The molecule has 0 bridgehead atoms. The van der Waals surface area contributed by atoms with E-state index in [1.165, 1.54) is 12.1 Å². The average molecular weight is 547 g/mol. The molecule has 9 nitrogen and oxygen atoms in total. The predicted octanol–water partition coefficient (Wildman–Crippen LogP) is 4.16. The summed E-state index contributed by atoms with van der Waals surface area (Å²) in [6.07, 6.45) is 0. The van der Waals surface area contributed by atoms with Crippen LogP contribution in [-0.4, -0.2) is 52.1 Å². The van der Waals surface area contributed by atoms with Gasteiger partial charge in [0, 0.05) is 53.1 Å². The molecule has 0 aliphatic carbocycles. The maximum atomic E-state index is 13.8. The number of ether oxygens (including phenoxy) is 1. The van der Waals surface area contributed by atoms with E-state index < -0.39 is 11.7 Å². The summed E-state index contributed by atoms with van der Waals surface area (Å²) in [4.78, 5) is 27.4. The van der Waals surface area contributed by atoms with Crippen molar-refractivity contribution < 1.29 is 18.7 Å². The van der Waals surface area contributed by atoms with Crippen molar-refractivity contribution in [3.8, 4) is 5.75 Å². The number of aromatic nitrogens is 2. The third-order valence-corrected chi connectivity index (χ3v) is 6.53. The lowest BCUT2D eigenvalue weighted by Gasteiger charge is -2.36. The molecule has 4 N–H and O–H groups in total. The highest BCUT2D eigenvalue weighted by molar-refractivity contribution is 6.36. The molecule has 0 unspecified atom stereocenters. The van der Waals surface area contributed by atoms with Crippen molar-refractivity contribution in [2.75, 3.05) is 24.1 Å². The molecule has 1 fully saturated rings. The van der Waals surface area contributed by atoms with E-state index in [-0.39, 0.29) is 57.5 Å². The van der Waals surface area contributed by atoms with Gasteiger partial charge in [-0.15, -0.1) is 10.2 Å². The Labute approximate surface area is 223 Å². The molecule has 194 valence electrons. The van der Waals surface area contributed by atoms with Crippen LogP contribution >= 0.6 is 23.2 Å². The Hall–Kier alpha value is -3.47. The van der Waals surface area contributed by atoms with Gasteiger partial charge in [0.2, 0.25) is 0 Å². The minimum atomic E-state index is -0.643. The quantitative estimate of drug-likeness (QED) is 0.396. The molecule has 2 atom stereocenters. The highest BCUT2D eigenvalue weighted by Crippen LogP contribution is 2.29. The van der Waals surface area contributed by atoms with E-state index in [1.54, 1.807) is 24.3 Å². The molecule has 2 amide bonds. The Morgan fingerprint density at radius 1 is 1.14 bits per heavy atom. The van der Waals surface area contributed by atoms with Gasteiger partial charge in [-0.1, -0.05) is 23.2 Å². The van der Waals surface area contributed by atoms with Crippen molar-refractivity contribution >= 4 is 46.5 Å². The smallest absolute Gasteiger partial charge is 0.276 e. The minimum Gasteiger partial charge on any atom is -0.485 e. The third kappa shape index (κ3) is 6.27. The molecule has 1 aliphatic heterocycles. The van der Waals surface area contributed by atoms with Gasteiger partial charge < -0.3 is 26.0 Å². The number of halogens is 3. The molecule has 0 saturated carbocycles. The summed E-state index contributed by atoms with van der Waals surface area (Å²) < 4.78 is 19.4. The van der Waals surface area contributed by atoms with Crippen molar-refractivity contribution in [2.24, 2.45) is 0 Å². The maximum Gasteiger partial charge on any atom is 0.276 e. The van der Waals surface area contributed by atoms with Crippen LogP contribution in [0.4, 0.5) is 15.9 Å². The van der Waals surface area contributed by atoms with Crippen LogP contribution < -0.4 is 21.1 Å². The van der Waals surface area contributed by atoms with Crippen LogP contribution in [0.2, 0.25) is 10.0 Å². The number of hydrogen-bond acceptors (Lipinski definition) is 7. The lowest BCUT2D eigenvalue weighted by Crippen LogP contribution is -2.55. The zero-order valence-electron chi connectivity index (χ0n) is 20.1. The van der Waals surface area contributed by atoms with Gasteiger partial charge in [0.05, 0.1) is 5.02 Å². The second-order valence-electron chi connectivity index (χ2n) is 8.80. The SMILES string of the molecule is C[C@@H]1CN(C(=O)c2ccc(NC(=O)c3cc(OCc4c(Cl)ccc(F)c4Cl)c(N)nn3)cc2)C[C@H](C)N1. The number of nitrogens with zero attached hydrogens (tertiary/aromatic N) is 3. The van der Waals surface area contributed by atoms with Gasteiger partial charge in [0.25, 0.3) is 11.8 Å². The fourth-order valence-electron chi connectivity index (χ4n) is 4.03. The monoisotopic (exact) mass is 546 g/mol. The molecule has 0 radical (unpaired) electrons. The largest absolute Gasteiger partial charge is 0.485 e. The van der Waals surface area contributed by atoms with Gasteiger partial charge in [0.1, 0.15) is 12.4 Å². The number of nitrogen functional groups attached to an aromatic ring is 1. The Morgan fingerprint density at radius 3 is 2.49 bits per heavy atom. The first-order chi connectivity index (χ1) is 17.6. The zero-order valence-corrected chi connectivity index (χ0v) is 21.6. The number of anilines is 2. The van der Waals surface area contributed by atoms with Crippen molar-refractivity contribution in [3.63, 3.8) is 0 Å². The molecule has 3 aromatic rings. The van der Waals surface area contributed by atoms with Crippen molar-refractivity contribution in [1.29, 1.82) is 0 Å². The minimum absolute atomic E-state index is 0.0527. The Bertz CT molecular complexity index is 1310. The van der Waals surface area contributed by atoms with E-state index in [4.69, 9.17) is 33.7 Å². The molecular formula is C25H25Cl2FN6O3. The topological polar surface area (TPSA) is 122 Å². The molecule has 1 aliphatic rings. The van der Waals surface area contributed by atoms with Crippen LogP contribution in [0.25, 0.3) is 0 Å². The van der Waals surface area contributed by atoms with Crippen LogP contribution in [0.5, 0.6) is 5.75 Å². The number of benzene rings is 2. The maximum absolute atomic E-state index is 13.8. The highest BCUT2D eigenvalue weighted by Gasteiger charge is 2.25. The highest BCUT2D eigenvalue weighted by atomic mass is 35.5. The van der Waals surface area contributed by atoms with Gasteiger partial charge in [0.15, 0.2) is 17.3 Å². The van der Waals surface area contributed by atoms with Gasteiger partial charge in [-0.25, -0.2) is 4.39 Å². The summed E-state index contributed by atoms with van der Waals surface area (Å²) in [5.41, 5.74) is 6.97. The fourth-order valence-corrected chi connectivity index (χ4v) is 4.51. The van der Waals surface area contributed by atoms with E-state index in [0.29, 0.717) is 24.3 Å². The molecule has 0 spiro atoms. The van der Waals surface area contributed by atoms with Crippen LogP contribution in [-0.2, 0) is 6.61 Å². The summed E-state index contributed by atoms with van der Waals surface area (Å²) >= 11 is 12.1. The van der Waals surface area contributed by atoms with Crippen LogP contribution in [0.15, 0.2) is 42.5 Å². The molecular weight excluding hydrogens is 522 g/mol. The van der Waals surface area contributed by atoms with E-state index in [2.05, 4.69) is 20.8 Å². The number of nitrogens with two attached hydrogens (primary N) is 1. The Balaban J connectivity index is 1.42. The van der Waals surface area contributed by atoms with Gasteiger partial charge in [-0.2, -0.15) is 0 Å². The van der Waals surface area contributed by atoms with Crippen LogP contribution in [0.1, 0.15) is 40.3 Å². The Kier molecular flexibility index (Phi) is 8.11. The molecule has 2 aromatic carbocycles. The van der Waals surface area contributed by atoms with E-state index in [9.17, 15) is 14.0 Å². The van der Waals surface area contributed by atoms with E-state index in [0.717, 1.165) is 6.07 Å². The lowest BCUT2D eigenvalue weighted by molar-refractivity contribution is 0.0673. The first kappa shape index (κ1) is 26.6. The summed E-state index contributed by atoms with van der Waals surface area (Å²) in [5.74, 6) is -1.29. The summed E-state index contributed by atoms with van der Waals surface area (Å²) in [6, 6.07) is 10.8. The van der Waals surface area contributed by atoms with Gasteiger partial charge in [-0.3, -0.25) is 9.59 Å². The molecule has 1 saturated heterocycles. The molecule has 12 heteroatoms. The standard InChI is InChI=1S/C25H25Cl2FN6O3/c1-13-10-34(11-14(2)30-13)25(36)15-3-5-16(6-4-15)31-24(35)20-9-21(23(29)33-32-20)37-12-17-18(26)7-8-19(28)22(17)27/h3-9,13-14,30H,10-12H2,1-2H3,(H2,29,33)(H,31,35)/t13-,14+. The predicted molar refractivity (Wildman–Crippen MR) is 140 cm³/mol. The van der Waals surface area contributed by atoms with Crippen LogP contribution in [0.3, 0.4) is 0 Å². The summed E-state index contributed by atoms with van der Waals surface area (Å²) in [5, 5.41) is 13.7. The number of hydrogen-bond donors (Lipinski definition) is 3. The third-order valence-electron chi connectivity index (χ3n) is 5.76. The lowest BCUT2D eigenvalue weighted by atomic mass is 10.1. The number of carbonyl (C=O) groups excluding carboxylic acids is 2. The number of nitrogens with one attached hydrogen (secondary N) is 2. The second kappa shape index (κ2) is 11.3. The summed E-state index contributed by atoms with van der Waals surface area (Å²) in [7, 11) is 0. The molecule has 4 rings (SSSR count). The molecule has 2 heterocycles. The number of piperazine rings is 1. The second-order valence-corrected chi connectivity index (χ2v) is 9.59. The van der Waals surface area contributed by atoms with Crippen molar-refractivity contribution in [3.05, 3.63) is 75.1 Å². The average Bonchev–Trinajstić information content (AvgIpc) is 2.86. The van der Waals surface area contributed by atoms with Gasteiger partial charge in [-0.05, 0) is 50.2 Å². The first-order valence-electron chi connectivity index (χ1n) is 11.5. The normalized spacial score (nSPS) is 17.4. The van der Waals surface area contributed by atoms with E-state index >= 15 is 0 Å². The van der Waals surface area contributed by atoms with E-state index in [1.807, 2.05) is 18.7 Å². The zero-order chi connectivity index (χ0) is 26.7. The number of amides is 2. The fraction of sp³-hybridized carbons (Fsp3) is 0.280. The molecule has 1 aromatic heterocycles. The number of rotatable bonds is 6. The summed E-state index contributed by atoms with van der Waals surface area (Å²) in [6.45, 7) is 5.12. The van der Waals surface area contributed by atoms with Crippen molar-refractivity contribution in [1.82, 2.24) is 20.4 Å².